The quantitative estimate of drug-likeness (QED) is 0.267. The van der Waals surface area contributed by atoms with E-state index in [-0.39, 0.29) is 12.0 Å². The molecule has 3 fully saturated rings. The molecule has 3 aliphatic heterocycles. The van der Waals surface area contributed by atoms with Crippen LogP contribution in [0, 0.1) is 5.92 Å². The number of hydrogen-bond donors (Lipinski definition) is 2. The molecule has 1 unspecified atom stereocenters. The lowest BCUT2D eigenvalue weighted by atomic mass is 9.82. The number of nitrogens with one attached hydrogen (secondary N) is 1. The first-order valence-electron chi connectivity index (χ1n) is 13.1. The van der Waals surface area contributed by atoms with Crippen molar-refractivity contribution in [2.75, 3.05) is 32.7 Å². The Labute approximate surface area is 217 Å². The van der Waals surface area contributed by atoms with E-state index in [1.807, 2.05) is 36.4 Å². The number of aromatic nitrogens is 1. The van der Waals surface area contributed by atoms with Crippen molar-refractivity contribution in [3.05, 3.63) is 102 Å². The number of piperidine rings is 3. The fraction of sp³-hybridized carbons (Fsp3) is 0.367. The van der Waals surface area contributed by atoms with Gasteiger partial charge in [-0.3, -0.25) is 9.78 Å². The smallest absolute Gasteiger partial charge is 0.348 e. The van der Waals surface area contributed by atoms with Crippen molar-refractivity contribution in [3.8, 4) is 0 Å². The molecule has 3 aromatic rings. The molecule has 2 aromatic carbocycles. The number of carbonyl (C=O) groups excluding carboxylic acids is 2. The van der Waals surface area contributed by atoms with Gasteiger partial charge in [-0.2, -0.15) is 0 Å². The van der Waals surface area contributed by atoms with Gasteiger partial charge in [-0.15, -0.1) is 0 Å². The lowest BCUT2D eigenvalue weighted by molar-refractivity contribution is -0.946. The number of fused-ring (bicyclic) bond motifs is 3. The summed E-state index contributed by atoms with van der Waals surface area (Å²) in [4.78, 5) is 30.0. The van der Waals surface area contributed by atoms with Crippen molar-refractivity contribution in [2.24, 2.45) is 5.92 Å². The van der Waals surface area contributed by atoms with Gasteiger partial charge < -0.3 is 19.6 Å². The Balaban J connectivity index is 1.24. The summed E-state index contributed by atoms with van der Waals surface area (Å²) in [5.41, 5.74) is -0.304. The molecule has 3 aliphatic rings. The number of quaternary nitrogens is 1. The number of pyridine rings is 1. The summed E-state index contributed by atoms with van der Waals surface area (Å²) in [6.45, 7) is 4.35. The molecule has 7 heteroatoms. The van der Waals surface area contributed by atoms with Crippen LogP contribution in [0.1, 0.15) is 40.7 Å². The summed E-state index contributed by atoms with van der Waals surface area (Å²) in [7, 11) is 0. The third kappa shape index (κ3) is 5.29. The SMILES string of the molecule is O=C(NCCC[N+]12CCC(CC1)C(OC(=O)C(O)(c1ccccc1)c1ccccc1)C2)c1cccnc1. The van der Waals surface area contributed by atoms with Crippen LogP contribution < -0.4 is 5.32 Å². The molecule has 0 spiro atoms. The van der Waals surface area contributed by atoms with Crippen LogP contribution in [0.15, 0.2) is 85.2 Å². The molecule has 1 aromatic heterocycles. The second kappa shape index (κ2) is 10.8. The second-order valence-corrected chi connectivity index (χ2v) is 10.3. The van der Waals surface area contributed by atoms with Gasteiger partial charge in [-0.05, 0) is 23.3 Å². The Bertz CT molecular complexity index is 1160. The normalized spacial score (nSPS) is 22.8. The predicted molar refractivity (Wildman–Crippen MR) is 139 cm³/mol. The van der Waals surface area contributed by atoms with Crippen LogP contribution >= 0.6 is 0 Å². The molecule has 3 saturated heterocycles. The van der Waals surface area contributed by atoms with Crippen LogP contribution in [0.4, 0.5) is 0 Å². The standard InChI is InChI=1S/C30H33N3O4/c34-28(24-9-7-16-31-21-24)32-17-8-18-33-19-14-23(15-20-33)27(22-33)37-29(35)30(36,25-10-3-1-4-11-25)26-12-5-2-6-13-26/h1-7,9-13,16,21,23,27,36H,8,14-15,17-20,22H2/p+1. The van der Waals surface area contributed by atoms with Gasteiger partial charge in [0.2, 0.25) is 5.60 Å². The monoisotopic (exact) mass is 500 g/mol. The number of aliphatic hydroxyl groups is 1. The molecule has 6 rings (SSSR count). The minimum atomic E-state index is -1.87. The first-order chi connectivity index (χ1) is 18.0. The number of esters is 1. The molecule has 0 aliphatic carbocycles. The summed E-state index contributed by atoms with van der Waals surface area (Å²) in [5.74, 6) is -0.422. The van der Waals surface area contributed by atoms with Crippen LogP contribution in [0.2, 0.25) is 0 Å². The van der Waals surface area contributed by atoms with Gasteiger partial charge >= 0.3 is 5.97 Å². The predicted octanol–water partition coefficient (Wildman–Crippen LogP) is 3.29. The molecule has 0 saturated carbocycles. The van der Waals surface area contributed by atoms with Crippen molar-refractivity contribution >= 4 is 11.9 Å². The Kier molecular flexibility index (Phi) is 7.35. The highest BCUT2D eigenvalue weighted by Crippen LogP contribution is 2.38. The van der Waals surface area contributed by atoms with Crippen LogP contribution in [0.25, 0.3) is 0 Å². The van der Waals surface area contributed by atoms with Crippen LogP contribution in [-0.4, -0.2) is 65.3 Å². The lowest BCUT2D eigenvalue weighted by Gasteiger charge is -2.52. The maximum absolute atomic E-state index is 13.7. The first-order valence-corrected chi connectivity index (χ1v) is 13.1. The van der Waals surface area contributed by atoms with E-state index in [1.165, 1.54) is 0 Å². The van der Waals surface area contributed by atoms with Crippen molar-refractivity contribution in [2.45, 2.75) is 31.0 Å². The summed E-state index contributed by atoms with van der Waals surface area (Å²) >= 11 is 0. The van der Waals surface area contributed by atoms with Gasteiger partial charge in [-0.1, -0.05) is 60.7 Å². The first kappa shape index (κ1) is 25.1. The van der Waals surface area contributed by atoms with E-state index < -0.39 is 11.6 Å². The van der Waals surface area contributed by atoms with Crippen molar-refractivity contribution in [1.82, 2.24) is 10.3 Å². The number of carbonyl (C=O) groups is 2. The zero-order chi connectivity index (χ0) is 25.7. The fourth-order valence-corrected chi connectivity index (χ4v) is 5.87. The minimum Gasteiger partial charge on any atom is -0.453 e. The van der Waals surface area contributed by atoms with E-state index in [9.17, 15) is 14.7 Å². The fourth-order valence-electron chi connectivity index (χ4n) is 5.87. The number of amides is 1. The molecule has 7 nitrogen and oxygen atoms in total. The minimum absolute atomic E-state index is 0.113. The highest BCUT2D eigenvalue weighted by molar-refractivity contribution is 5.93. The van der Waals surface area contributed by atoms with E-state index in [2.05, 4.69) is 10.3 Å². The Morgan fingerprint density at radius 1 is 0.973 bits per heavy atom. The van der Waals surface area contributed by atoms with Gasteiger partial charge in [-0.25, -0.2) is 4.79 Å². The second-order valence-electron chi connectivity index (χ2n) is 10.3. The lowest BCUT2D eigenvalue weighted by Crippen LogP contribution is -2.65. The molecular weight excluding hydrogens is 466 g/mol. The Morgan fingerprint density at radius 2 is 1.62 bits per heavy atom. The van der Waals surface area contributed by atoms with Crippen molar-refractivity contribution in [3.63, 3.8) is 0 Å². The Hall–Kier alpha value is -3.55. The van der Waals surface area contributed by atoms with Crippen LogP contribution in [0.5, 0.6) is 0 Å². The van der Waals surface area contributed by atoms with Crippen molar-refractivity contribution < 1.29 is 23.9 Å². The average Bonchev–Trinajstić information content (AvgIpc) is 2.96. The van der Waals surface area contributed by atoms with E-state index in [0.29, 0.717) is 29.2 Å². The maximum Gasteiger partial charge on any atom is 0.348 e. The molecular formula is C30H34N3O4+. The zero-order valence-corrected chi connectivity index (χ0v) is 21.0. The Morgan fingerprint density at radius 3 is 2.22 bits per heavy atom. The van der Waals surface area contributed by atoms with E-state index in [4.69, 9.17) is 4.74 Å². The molecule has 1 atom stereocenters. The number of ether oxygens (including phenoxy) is 1. The average molecular weight is 501 g/mol. The van der Waals surface area contributed by atoms with E-state index in [0.717, 1.165) is 49.9 Å². The molecule has 4 heterocycles. The number of benzene rings is 2. The summed E-state index contributed by atoms with van der Waals surface area (Å²) in [6.07, 6.45) is 5.81. The molecule has 37 heavy (non-hydrogen) atoms. The third-order valence-electron chi connectivity index (χ3n) is 8.00. The van der Waals surface area contributed by atoms with Crippen molar-refractivity contribution in [1.29, 1.82) is 0 Å². The summed E-state index contributed by atoms with van der Waals surface area (Å²) in [6, 6.07) is 21.6. The van der Waals surface area contributed by atoms with Gasteiger partial charge in [0.05, 0.1) is 25.2 Å². The topological polar surface area (TPSA) is 88.5 Å². The van der Waals surface area contributed by atoms with Gasteiger partial charge in [0.15, 0.2) is 6.10 Å². The number of hydrogen-bond acceptors (Lipinski definition) is 5. The van der Waals surface area contributed by atoms with E-state index in [1.54, 1.807) is 48.8 Å². The molecule has 1 amide bonds. The molecule has 0 radical (unpaired) electrons. The van der Waals surface area contributed by atoms with Gasteiger partial charge in [0.25, 0.3) is 5.91 Å². The third-order valence-corrected chi connectivity index (χ3v) is 8.00. The highest BCUT2D eigenvalue weighted by Gasteiger charge is 2.50. The zero-order valence-electron chi connectivity index (χ0n) is 21.0. The van der Waals surface area contributed by atoms with Gasteiger partial charge in [0.1, 0.15) is 6.54 Å². The molecule has 2 bridgehead atoms. The largest absolute Gasteiger partial charge is 0.453 e. The number of rotatable bonds is 9. The van der Waals surface area contributed by atoms with Crippen LogP contribution in [0.3, 0.4) is 0 Å². The summed E-state index contributed by atoms with van der Waals surface area (Å²) < 4.78 is 7.03. The van der Waals surface area contributed by atoms with E-state index >= 15 is 0 Å². The highest BCUT2D eigenvalue weighted by atomic mass is 16.6. The van der Waals surface area contributed by atoms with Gasteiger partial charge in [0, 0.05) is 44.1 Å². The number of nitrogens with zero attached hydrogens (tertiary/aromatic N) is 2. The maximum atomic E-state index is 13.7. The summed E-state index contributed by atoms with van der Waals surface area (Å²) in [5, 5.41) is 14.8. The molecule has 192 valence electrons. The van der Waals surface area contributed by atoms with Crippen LogP contribution in [-0.2, 0) is 15.1 Å². The molecule has 2 N–H and O–H groups in total.